The third-order valence-electron chi connectivity index (χ3n) is 4.18. The molecule has 1 heterocycles. The summed E-state index contributed by atoms with van der Waals surface area (Å²) in [4.78, 5) is 16.8. The maximum absolute atomic E-state index is 12.3. The molecule has 0 radical (unpaired) electrons. The van der Waals surface area contributed by atoms with Gasteiger partial charge in [0.25, 0.3) is 0 Å². The fraction of sp³-hybridized carbons (Fsp3) is 0.182. The molecule has 4 nitrogen and oxygen atoms in total. The van der Waals surface area contributed by atoms with Gasteiger partial charge in [-0.1, -0.05) is 60.5 Å². The number of carbonyl (C=O) groups is 1. The molecule has 0 atom stereocenters. The number of nitrogens with zero attached hydrogens (tertiary/aromatic N) is 1. The number of hydrogen-bond acceptors (Lipinski definition) is 4. The summed E-state index contributed by atoms with van der Waals surface area (Å²) in [6, 6.07) is 18.5. The Morgan fingerprint density at radius 1 is 0.964 bits per heavy atom. The Morgan fingerprint density at radius 2 is 1.64 bits per heavy atom. The van der Waals surface area contributed by atoms with Crippen LogP contribution in [0.3, 0.4) is 0 Å². The lowest BCUT2D eigenvalue weighted by atomic mass is 10.1. The fourth-order valence-electron chi connectivity index (χ4n) is 2.72. The van der Waals surface area contributed by atoms with Gasteiger partial charge in [0.05, 0.1) is 27.8 Å². The van der Waals surface area contributed by atoms with Crippen LogP contribution in [0.2, 0.25) is 10.0 Å². The lowest BCUT2D eigenvalue weighted by Crippen LogP contribution is -2.10. The van der Waals surface area contributed by atoms with Crippen LogP contribution >= 0.6 is 23.2 Å². The molecular weight excluding hydrogens is 395 g/mol. The van der Waals surface area contributed by atoms with E-state index in [-0.39, 0.29) is 19.0 Å². The van der Waals surface area contributed by atoms with E-state index in [4.69, 9.17) is 27.9 Å². The molecule has 0 aliphatic rings. The molecule has 0 saturated carbocycles. The first-order valence-corrected chi connectivity index (χ1v) is 9.71. The van der Waals surface area contributed by atoms with E-state index in [1.165, 1.54) is 0 Å². The van der Waals surface area contributed by atoms with Crippen molar-refractivity contribution in [1.82, 2.24) is 4.98 Å². The van der Waals surface area contributed by atoms with Gasteiger partial charge in [-0.2, -0.15) is 0 Å². The van der Waals surface area contributed by atoms with E-state index in [0.717, 1.165) is 29.1 Å². The van der Waals surface area contributed by atoms with E-state index >= 15 is 0 Å². The Labute approximate surface area is 174 Å². The summed E-state index contributed by atoms with van der Waals surface area (Å²) in [5.74, 6) is -0.330. The third-order valence-corrected chi connectivity index (χ3v) is 4.81. The van der Waals surface area contributed by atoms with Crippen molar-refractivity contribution >= 4 is 40.5 Å². The molecule has 2 aromatic carbocycles. The Morgan fingerprint density at radius 3 is 2.39 bits per heavy atom. The summed E-state index contributed by atoms with van der Waals surface area (Å²) in [7, 11) is 0. The highest BCUT2D eigenvalue weighted by molar-refractivity contribution is 6.39. The Kier molecular flexibility index (Phi) is 6.90. The average Bonchev–Trinajstić information content (AvgIpc) is 2.70. The summed E-state index contributed by atoms with van der Waals surface area (Å²) in [6.45, 7) is 2.19. The van der Waals surface area contributed by atoms with Crippen LogP contribution in [0.5, 0.6) is 0 Å². The van der Waals surface area contributed by atoms with Gasteiger partial charge in [-0.05, 0) is 42.3 Å². The molecule has 0 saturated heterocycles. The SMILES string of the molecule is CCc1cccc(COC(=O)Cc2ccccc2Nc2c(Cl)cccc2Cl)n1. The van der Waals surface area contributed by atoms with Crippen molar-refractivity contribution in [1.29, 1.82) is 0 Å². The van der Waals surface area contributed by atoms with Crippen molar-refractivity contribution in [2.45, 2.75) is 26.4 Å². The van der Waals surface area contributed by atoms with Crippen LogP contribution in [-0.4, -0.2) is 11.0 Å². The van der Waals surface area contributed by atoms with Crippen LogP contribution in [0.15, 0.2) is 60.7 Å². The molecule has 0 fully saturated rings. The number of esters is 1. The predicted octanol–water partition coefficient (Wildman–Crippen LogP) is 5.98. The molecule has 0 aliphatic heterocycles. The second-order valence-corrected chi connectivity index (χ2v) is 7.00. The van der Waals surface area contributed by atoms with E-state index in [2.05, 4.69) is 10.3 Å². The van der Waals surface area contributed by atoms with Gasteiger partial charge in [0, 0.05) is 11.4 Å². The number of para-hydroxylation sites is 2. The normalized spacial score (nSPS) is 10.5. The van der Waals surface area contributed by atoms with Gasteiger partial charge in [-0.15, -0.1) is 0 Å². The first kappa shape index (κ1) is 20.2. The quantitative estimate of drug-likeness (QED) is 0.483. The molecule has 6 heteroatoms. The molecule has 1 aromatic heterocycles. The maximum atomic E-state index is 12.3. The molecule has 3 rings (SSSR count). The molecule has 0 amide bonds. The summed E-state index contributed by atoms with van der Waals surface area (Å²) in [5.41, 5.74) is 3.85. The molecule has 0 unspecified atom stereocenters. The number of nitrogens with one attached hydrogen (secondary N) is 1. The average molecular weight is 415 g/mol. The van der Waals surface area contributed by atoms with Crippen LogP contribution < -0.4 is 5.32 Å². The van der Waals surface area contributed by atoms with Crippen LogP contribution in [0.4, 0.5) is 11.4 Å². The van der Waals surface area contributed by atoms with Crippen molar-refractivity contribution in [3.05, 3.63) is 87.7 Å². The molecule has 28 heavy (non-hydrogen) atoms. The minimum absolute atomic E-state index is 0.124. The molecule has 0 spiro atoms. The van der Waals surface area contributed by atoms with E-state index in [1.807, 2.05) is 49.4 Å². The van der Waals surface area contributed by atoms with Crippen molar-refractivity contribution in [3.63, 3.8) is 0 Å². The topological polar surface area (TPSA) is 51.2 Å². The number of rotatable bonds is 7. The number of benzene rings is 2. The minimum Gasteiger partial charge on any atom is -0.459 e. The van der Waals surface area contributed by atoms with Crippen LogP contribution in [0.25, 0.3) is 0 Å². The Hall–Kier alpha value is -2.56. The number of halogens is 2. The molecule has 0 aliphatic carbocycles. The van der Waals surface area contributed by atoms with Crippen LogP contribution in [0, 0.1) is 0 Å². The Balaban J connectivity index is 1.68. The van der Waals surface area contributed by atoms with Gasteiger partial charge >= 0.3 is 5.97 Å². The van der Waals surface area contributed by atoms with Gasteiger partial charge in [0.15, 0.2) is 0 Å². The first-order valence-electron chi connectivity index (χ1n) is 8.96. The highest BCUT2D eigenvalue weighted by atomic mass is 35.5. The van der Waals surface area contributed by atoms with Crippen molar-refractivity contribution in [2.75, 3.05) is 5.32 Å². The second kappa shape index (κ2) is 9.58. The van der Waals surface area contributed by atoms with Gasteiger partial charge in [-0.3, -0.25) is 9.78 Å². The van der Waals surface area contributed by atoms with E-state index in [0.29, 0.717) is 15.7 Å². The fourth-order valence-corrected chi connectivity index (χ4v) is 3.21. The zero-order valence-electron chi connectivity index (χ0n) is 15.4. The number of aromatic nitrogens is 1. The number of aryl methyl sites for hydroxylation is 1. The van der Waals surface area contributed by atoms with Gasteiger partial charge in [0.1, 0.15) is 6.61 Å². The predicted molar refractivity (Wildman–Crippen MR) is 113 cm³/mol. The van der Waals surface area contributed by atoms with Crippen molar-refractivity contribution in [2.24, 2.45) is 0 Å². The summed E-state index contributed by atoms with van der Waals surface area (Å²) in [5, 5.41) is 4.23. The summed E-state index contributed by atoms with van der Waals surface area (Å²) >= 11 is 12.5. The first-order chi connectivity index (χ1) is 13.6. The monoisotopic (exact) mass is 414 g/mol. The van der Waals surface area contributed by atoms with Crippen molar-refractivity contribution in [3.8, 4) is 0 Å². The van der Waals surface area contributed by atoms with E-state index in [1.54, 1.807) is 18.2 Å². The Bertz CT molecular complexity index is 956. The maximum Gasteiger partial charge on any atom is 0.310 e. The number of carbonyl (C=O) groups excluding carboxylic acids is 1. The van der Waals surface area contributed by atoms with E-state index < -0.39 is 0 Å². The molecular formula is C22H20Cl2N2O2. The number of ether oxygens (including phenoxy) is 1. The van der Waals surface area contributed by atoms with Gasteiger partial charge in [-0.25, -0.2) is 0 Å². The zero-order valence-corrected chi connectivity index (χ0v) is 16.9. The summed E-state index contributed by atoms with van der Waals surface area (Å²) in [6.07, 6.45) is 0.962. The molecule has 0 bridgehead atoms. The van der Waals surface area contributed by atoms with Crippen LogP contribution in [-0.2, 0) is 29.0 Å². The lowest BCUT2D eigenvalue weighted by Gasteiger charge is -2.14. The number of anilines is 2. The highest BCUT2D eigenvalue weighted by Gasteiger charge is 2.12. The smallest absolute Gasteiger partial charge is 0.310 e. The third kappa shape index (κ3) is 5.24. The van der Waals surface area contributed by atoms with Crippen LogP contribution in [0.1, 0.15) is 23.9 Å². The molecule has 3 aromatic rings. The largest absolute Gasteiger partial charge is 0.459 e. The number of hydrogen-bond donors (Lipinski definition) is 1. The van der Waals surface area contributed by atoms with Gasteiger partial charge in [0.2, 0.25) is 0 Å². The standard InChI is InChI=1S/C22H20Cl2N2O2/c1-2-16-8-5-9-17(25-16)14-28-21(27)13-15-7-3-4-12-20(15)26-22-18(23)10-6-11-19(22)24/h3-12,26H,2,13-14H2,1H3. The molecule has 1 N–H and O–H groups in total. The molecule has 144 valence electrons. The zero-order chi connectivity index (χ0) is 19.9. The minimum atomic E-state index is -0.330. The number of pyridine rings is 1. The lowest BCUT2D eigenvalue weighted by molar-refractivity contribution is -0.144. The highest BCUT2D eigenvalue weighted by Crippen LogP contribution is 2.33. The van der Waals surface area contributed by atoms with Crippen molar-refractivity contribution < 1.29 is 9.53 Å². The van der Waals surface area contributed by atoms with E-state index in [9.17, 15) is 4.79 Å². The van der Waals surface area contributed by atoms with Gasteiger partial charge < -0.3 is 10.1 Å². The summed E-state index contributed by atoms with van der Waals surface area (Å²) < 4.78 is 5.40. The second-order valence-electron chi connectivity index (χ2n) is 6.19.